The summed E-state index contributed by atoms with van der Waals surface area (Å²) in [5.74, 6) is 0.0396. The fourth-order valence-corrected chi connectivity index (χ4v) is 4.14. The average Bonchev–Trinajstić information content (AvgIpc) is 2.92. The summed E-state index contributed by atoms with van der Waals surface area (Å²) in [5, 5.41) is 12.8. The second kappa shape index (κ2) is 24.7. The first-order valence-corrected chi connectivity index (χ1v) is 16.6. The van der Waals surface area contributed by atoms with Gasteiger partial charge in [0.2, 0.25) is 0 Å². The van der Waals surface area contributed by atoms with E-state index in [4.69, 9.17) is 19.9 Å². The van der Waals surface area contributed by atoms with Crippen LogP contribution in [0.15, 0.2) is 12.1 Å². The lowest BCUT2D eigenvalue weighted by atomic mass is 10.1. The van der Waals surface area contributed by atoms with Gasteiger partial charge >= 0.3 is 12.1 Å². The highest BCUT2D eigenvalue weighted by Gasteiger charge is 2.13. The molecule has 0 aromatic heterocycles. The largest absolute Gasteiger partial charge is 0.779 e. The molecule has 0 aliphatic heterocycles. The maximum absolute atomic E-state index is 11.9. The molecule has 0 bridgehead atoms. The SMILES string of the molecule is CCCOCC(=O)Oc1c(C)cc(COC(=O)NCCCCCCOC(=O)[O-])cc1C.CP(=O)([O-])OCCCCCCN. The Labute approximate surface area is 255 Å². The van der Waals surface area contributed by atoms with Crippen LogP contribution in [0.2, 0.25) is 0 Å². The van der Waals surface area contributed by atoms with Crippen molar-refractivity contribution in [3.05, 3.63) is 28.8 Å². The number of amides is 1. The van der Waals surface area contributed by atoms with Crippen LogP contribution in [0.5, 0.6) is 5.75 Å². The molecule has 14 heteroatoms. The molecule has 0 fully saturated rings. The third-order valence-corrected chi connectivity index (χ3v) is 6.31. The first kappa shape index (κ1) is 40.3. The molecule has 3 N–H and O–H groups in total. The summed E-state index contributed by atoms with van der Waals surface area (Å²) in [6.07, 6.45) is 5.63. The number of nitrogens with two attached hydrogens (primary N) is 1. The van der Waals surface area contributed by atoms with Crippen molar-refractivity contribution in [2.75, 3.05) is 46.2 Å². The number of alkyl carbamates (subject to hydrolysis) is 1. The van der Waals surface area contributed by atoms with Crippen molar-refractivity contribution in [2.24, 2.45) is 5.73 Å². The van der Waals surface area contributed by atoms with E-state index in [1.165, 1.54) is 0 Å². The van der Waals surface area contributed by atoms with Crippen LogP contribution < -0.4 is 25.8 Å². The summed E-state index contributed by atoms with van der Waals surface area (Å²) >= 11 is 0. The van der Waals surface area contributed by atoms with Crippen LogP contribution in [-0.2, 0) is 34.7 Å². The highest BCUT2D eigenvalue weighted by atomic mass is 31.2. The Balaban J connectivity index is 0.00000123. The van der Waals surface area contributed by atoms with Crippen molar-refractivity contribution in [1.29, 1.82) is 0 Å². The van der Waals surface area contributed by atoms with Crippen molar-refractivity contribution in [1.82, 2.24) is 5.32 Å². The summed E-state index contributed by atoms with van der Waals surface area (Å²) in [6, 6.07) is 3.62. The van der Waals surface area contributed by atoms with Crippen LogP contribution in [0.3, 0.4) is 0 Å². The van der Waals surface area contributed by atoms with E-state index < -0.39 is 25.8 Å². The van der Waals surface area contributed by atoms with Gasteiger partial charge in [-0.2, -0.15) is 0 Å². The summed E-state index contributed by atoms with van der Waals surface area (Å²) in [7, 11) is -3.50. The first-order valence-electron chi connectivity index (χ1n) is 14.7. The number of ether oxygens (including phenoxy) is 4. The maximum atomic E-state index is 11.9. The van der Waals surface area contributed by atoms with Gasteiger partial charge in [-0.1, -0.05) is 32.6 Å². The number of hydrogen-bond donors (Lipinski definition) is 2. The molecule has 1 rings (SSSR count). The molecule has 43 heavy (non-hydrogen) atoms. The standard InChI is InChI=1S/C22H33NO8.C7H18NO3P/c1-4-10-28-15-19(24)31-20-16(2)12-18(13-17(20)3)14-30-21(25)23-9-7-5-6-8-11-29-22(26)27;1-12(9,10)11-7-5-3-2-4-6-8/h12-13H,4-11,14-15H2,1-3H3,(H,23,25)(H,26,27);2-8H2,1H3,(H,9,10)/p-2. The molecule has 1 aromatic carbocycles. The predicted molar refractivity (Wildman–Crippen MR) is 158 cm³/mol. The Morgan fingerprint density at radius 2 is 1.51 bits per heavy atom. The lowest BCUT2D eigenvalue weighted by molar-refractivity contribution is -0.282. The lowest BCUT2D eigenvalue weighted by Crippen LogP contribution is -2.25. The number of carbonyl (C=O) groups excluding carboxylic acids is 3. The smallest absolute Gasteiger partial charge is 0.407 e. The van der Waals surface area contributed by atoms with Crippen LogP contribution in [0.4, 0.5) is 9.59 Å². The molecule has 0 heterocycles. The van der Waals surface area contributed by atoms with Crippen LogP contribution in [0.1, 0.15) is 81.4 Å². The molecule has 0 saturated heterocycles. The van der Waals surface area contributed by atoms with Gasteiger partial charge in [0, 0.05) is 26.4 Å². The van der Waals surface area contributed by atoms with Gasteiger partial charge in [-0.05, 0) is 81.3 Å². The van der Waals surface area contributed by atoms with Gasteiger partial charge in [-0.25, -0.2) is 9.59 Å². The van der Waals surface area contributed by atoms with Gasteiger partial charge in [-0.15, -0.1) is 0 Å². The number of carbonyl (C=O) groups is 3. The van der Waals surface area contributed by atoms with Crippen molar-refractivity contribution in [2.45, 2.75) is 85.2 Å². The molecule has 13 nitrogen and oxygen atoms in total. The molecule has 0 radical (unpaired) electrons. The van der Waals surface area contributed by atoms with Crippen LogP contribution in [0.25, 0.3) is 0 Å². The van der Waals surface area contributed by atoms with E-state index in [1.807, 2.05) is 32.9 Å². The number of nitrogens with one attached hydrogen (secondary N) is 1. The zero-order chi connectivity index (χ0) is 32.5. The van der Waals surface area contributed by atoms with E-state index >= 15 is 0 Å². The van der Waals surface area contributed by atoms with Crippen LogP contribution in [-0.4, -0.2) is 64.4 Å². The minimum Gasteiger partial charge on any atom is -0.779 e. The molecular formula is C29H49N2O11P-2. The molecular weight excluding hydrogens is 583 g/mol. The maximum Gasteiger partial charge on any atom is 0.407 e. The third kappa shape index (κ3) is 24.4. The fourth-order valence-electron chi connectivity index (χ4n) is 3.68. The second-order valence-corrected chi connectivity index (χ2v) is 11.7. The number of carboxylic acid groups (broad SMARTS) is 1. The summed E-state index contributed by atoms with van der Waals surface area (Å²) in [4.78, 5) is 44.3. The van der Waals surface area contributed by atoms with E-state index in [9.17, 15) is 28.9 Å². The Morgan fingerprint density at radius 1 is 0.907 bits per heavy atom. The number of hydrogen-bond acceptors (Lipinski definition) is 12. The van der Waals surface area contributed by atoms with Crippen molar-refractivity contribution in [3.63, 3.8) is 0 Å². The Bertz CT molecular complexity index is 962. The van der Waals surface area contributed by atoms with Gasteiger partial charge < -0.3 is 53.9 Å². The van der Waals surface area contributed by atoms with E-state index in [2.05, 4.69) is 14.6 Å². The van der Waals surface area contributed by atoms with Gasteiger partial charge in [0.25, 0.3) is 6.16 Å². The van der Waals surface area contributed by atoms with Crippen molar-refractivity contribution < 1.29 is 52.4 Å². The van der Waals surface area contributed by atoms with E-state index in [1.54, 1.807) is 0 Å². The monoisotopic (exact) mass is 632 g/mol. The minimum atomic E-state index is -3.50. The highest BCUT2D eigenvalue weighted by molar-refractivity contribution is 7.50. The van der Waals surface area contributed by atoms with E-state index in [-0.39, 0.29) is 19.8 Å². The fraction of sp³-hybridized carbons (Fsp3) is 0.690. The van der Waals surface area contributed by atoms with Gasteiger partial charge in [-0.3, -0.25) is 0 Å². The summed E-state index contributed by atoms with van der Waals surface area (Å²) in [5.41, 5.74) is 7.62. The minimum absolute atomic E-state index is 0.0919. The summed E-state index contributed by atoms with van der Waals surface area (Å²) < 4.78 is 35.2. The van der Waals surface area contributed by atoms with Gasteiger partial charge in [0.05, 0.1) is 6.61 Å². The van der Waals surface area contributed by atoms with Crippen LogP contribution >= 0.6 is 7.60 Å². The quantitative estimate of drug-likeness (QED) is 0.0867. The molecule has 0 aliphatic rings. The molecule has 248 valence electrons. The summed E-state index contributed by atoms with van der Waals surface area (Å²) in [6.45, 7) is 8.81. The molecule has 0 spiro atoms. The number of esters is 1. The van der Waals surface area contributed by atoms with Crippen molar-refractivity contribution >= 4 is 25.8 Å². The Morgan fingerprint density at radius 3 is 2.09 bits per heavy atom. The normalized spacial score (nSPS) is 12.0. The van der Waals surface area contributed by atoms with Gasteiger partial charge in [0.1, 0.15) is 26.6 Å². The topological polar surface area (TPSA) is 199 Å². The average molecular weight is 633 g/mol. The Hall–Kier alpha value is -2.70. The highest BCUT2D eigenvalue weighted by Crippen LogP contribution is 2.31. The van der Waals surface area contributed by atoms with Gasteiger partial charge in [0.15, 0.2) is 0 Å². The lowest BCUT2D eigenvalue weighted by Gasteiger charge is -2.17. The zero-order valence-electron chi connectivity index (χ0n) is 26.0. The molecule has 1 amide bonds. The number of rotatable bonds is 21. The molecule has 0 aliphatic carbocycles. The third-order valence-electron chi connectivity index (χ3n) is 5.66. The zero-order valence-corrected chi connectivity index (χ0v) is 26.9. The van der Waals surface area contributed by atoms with E-state index in [0.717, 1.165) is 74.7 Å². The molecule has 1 unspecified atom stereocenters. The molecule has 1 atom stereocenters. The molecule has 1 aromatic rings. The van der Waals surface area contributed by atoms with Crippen molar-refractivity contribution in [3.8, 4) is 5.75 Å². The number of unbranched alkanes of at least 4 members (excludes halogenated alkanes) is 6. The second-order valence-electron chi connectivity index (χ2n) is 9.91. The molecule has 0 saturated carbocycles. The predicted octanol–water partition coefficient (Wildman–Crippen LogP) is 3.49. The number of aryl methyl sites for hydroxylation is 2. The Kier molecular flexibility index (Phi) is 23.2. The first-order chi connectivity index (χ1) is 20.4. The number of benzene rings is 1. The van der Waals surface area contributed by atoms with E-state index in [0.29, 0.717) is 38.5 Å². The van der Waals surface area contributed by atoms with Crippen LogP contribution in [0, 0.1) is 13.8 Å².